The molecule has 0 spiro atoms. The van der Waals surface area contributed by atoms with Crippen LogP contribution < -0.4 is 0 Å². The summed E-state index contributed by atoms with van der Waals surface area (Å²) in [5.74, 6) is -4.59. The van der Waals surface area contributed by atoms with Crippen molar-refractivity contribution in [3.8, 4) is 0 Å². The van der Waals surface area contributed by atoms with E-state index in [4.69, 9.17) is 24.0 Å². The quantitative estimate of drug-likeness (QED) is 0.117. The molecule has 13 nitrogen and oxygen atoms in total. The highest BCUT2D eigenvalue weighted by Gasteiger charge is 2.23. The van der Waals surface area contributed by atoms with E-state index in [1.54, 1.807) is 0 Å². The van der Waals surface area contributed by atoms with E-state index in [1.165, 1.54) is 0 Å². The van der Waals surface area contributed by atoms with E-state index in [-0.39, 0.29) is 37.6 Å². The zero-order valence-electron chi connectivity index (χ0n) is 18.4. The van der Waals surface area contributed by atoms with Gasteiger partial charge in [0.05, 0.1) is 22.9 Å². The molecule has 190 valence electrons. The van der Waals surface area contributed by atoms with E-state index in [0.29, 0.717) is 0 Å². The molecule has 0 amide bonds. The summed E-state index contributed by atoms with van der Waals surface area (Å²) in [6, 6.07) is 3.16. The molecule has 0 aliphatic carbocycles. The second-order valence-electron chi connectivity index (χ2n) is 6.30. The van der Waals surface area contributed by atoms with Crippen LogP contribution in [0, 0.1) is 0 Å². The molecule has 1 aromatic carbocycles. The van der Waals surface area contributed by atoms with Crippen molar-refractivity contribution in [3.05, 3.63) is 60.2 Å². The maximum absolute atomic E-state index is 12.5. The smallest absolute Gasteiger partial charge is 0.339 e. The van der Waals surface area contributed by atoms with Gasteiger partial charge in [0, 0.05) is 12.2 Å². The third kappa shape index (κ3) is 11.3. The monoisotopic (exact) mass is 514 g/mol. The van der Waals surface area contributed by atoms with Crippen LogP contribution in [-0.2, 0) is 37.8 Å². The van der Waals surface area contributed by atoms with Crippen molar-refractivity contribution >= 4 is 37.4 Å². The lowest BCUT2D eigenvalue weighted by molar-refractivity contribution is -0.139. The average molecular weight is 514 g/mol. The van der Waals surface area contributed by atoms with E-state index >= 15 is 0 Å². The average Bonchev–Trinajstić information content (AvgIpc) is 2.82. The normalized spacial score (nSPS) is 10.5. The highest BCUT2D eigenvalue weighted by atomic mass is 31.2. The second kappa shape index (κ2) is 14.5. The number of rotatable bonds is 14. The summed E-state index contributed by atoms with van der Waals surface area (Å²) < 4.78 is 34.9. The molecule has 14 heteroatoms. The standard InChI is InChI=1S/C21H23O13P/c1-3-17(22)30-7-9-32-20(25)15-6-5-14(19(24)34-11-12-35(27,28)29)13-16(15)21(26)33-10-8-31-18(23)4-2/h3-6,13H,1-2,7-12H2,(H2,27,28,29). The Balaban J connectivity index is 2.98. The SMILES string of the molecule is C=CC(=O)OCCOC(=O)c1ccc(C(=O)OCCP(=O)(O)O)cc1C(=O)OCCOC(=O)C=C. The van der Waals surface area contributed by atoms with Gasteiger partial charge >= 0.3 is 37.4 Å². The van der Waals surface area contributed by atoms with Gasteiger partial charge in [0.2, 0.25) is 0 Å². The molecule has 1 rings (SSSR count). The lowest BCUT2D eigenvalue weighted by Gasteiger charge is -2.12. The highest BCUT2D eigenvalue weighted by molar-refractivity contribution is 7.51. The lowest BCUT2D eigenvalue weighted by atomic mass is 10.0. The summed E-state index contributed by atoms with van der Waals surface area (Å²) in [5, 5.41) is 0. The van der Waals surface area contributed by atoms with Gasteiger partial charge in [-0.1, -0.05) is 13.2 Å². The highest BCUT2D eigenvalue weighted by Crippen LogP contribution is 2.33. The minimum absolute atomic E-state index is 0.225. The summed E-state index contributed by atoms with van der Waals surface area (Å²) in [5.41, 5.74) is -0.935. The van der Waals surface area contributed by atoms with Crippen LogP contribution in [0.2, 0.25) is 0 Å². The Bertz CT molecular complexity index is 1020. The first-order valence-corrected chi connectivity index (χ1v) is 11.6. The van der Waals surface area contributed by atoms with Crippen LogP contribution in [0.5, 0.6) is 0 Å². The molecule has 0 aliphatic heterocycles. The van der Waals surface area contributed by atoms with Gasteiger partial charge in [0.25, 0.3) is 0 Å². The van der Waals surface area contributed by atoms with Crippen molar-refractivity contribution in [3.63, 3.8) is 0 Å². The third-order valence-corrected chi connectivity index (χ3v) is 4.53. The van der Waals surface area contributed by atoms with Crippen LogP contribution in [0.25, 0.3) is 0 Å². The molecule has 0 saturated carbocycles. The molecule has 0 aliphatic rings. The zero-order valence-corrected chi connectivity index (χ0v) is 19.3. The van der Waals surface area contributed by atoms with Gasteiger partial charge in [-0.2, -0.15) is 0 Å². The molecular formula is C21H23O13P. The molecule has 35 heavy (non-hydrogen) atoms. The zero-order chi connectivity index (χ0) is 26.4. The lowest BCUT2D eigenvalue weighted by Crippen LogP contribution is -2.19. The number of carbonyl (C=O) groups is 5. The second-order valence-corrected chi connectivity index (χ2v) is 8.08. The minimum Gasteiger partial charge on any atom is -0.461 e. The van der Waals surface area contributed by atoms with Gasteiger partial charge in [-0.25, -0.2) is 24.0 Å². The van der Waals surface area contributed by atoms with E-state index in [2.05, 4.69) is 22.6 Å². The van der Waals surface area contributed by atoms with Gasteiger partial charge in [0.1, 0.15) is 33.0 Å². The molecule has 0 fully saturated rings. The van der Waals surface area contributed by atoms with Crippen LogP contribution in [0.1, 0.15) is 31.1 Å². The Hall–Kier alpha value is -3.80. The Morgan fingerprint density at radius 2 is 1.17 bits per heavy atom. The fourth-order valence-corrected chi connectivity index (χ4v) is 2.51. The summed E-state index contributed by atoms with van der Waals surface area (Å²) in [7, 11) is -4.40. The van der Waals surface area contributed by atoms with Gasteiger partial charge in [-0.05, 0) is 18.2 Å². The number of esters is 5. The Morgan fingerprint density at radius 3 is 1.66 bits per heavy atom. The van der Waals surface area contributed by atoms with E-state index in [9.17, 15) is 28.5 Å². The van der Waals surface area contributed by atoms with Gasteiger partial charge in [-0.3, -0.25) is 4.57 Å². The van der Waals surface area contributed by atoms with Crippen molar-refractivity contribution < 1.29 is 62.0 Å². The molecule has 2 N–H and O–H groups in total. The fourth-order valence-electron chi connectivity index (χ4n) is 2.19. The Kier molecular flexibility index (Phi) is 12.1. The van der Waals surface area contributed by atoms with E-state index < -0.39 is 55.8 Å². The molecule has 0 saturated heterocycles. The molecule has 0 unspecified atom stereocenters. The van der Waals surface area contributed by atoms with E-state index in [0.717, 1.165) is 30.4 Å². The Labute approximate surface area is 199 Å². The number of ether oxygens (including phenoxy) is 5. The van der Waals surface area contributed by atoms with Crippen molar-refractivity contribution in [2.75, 3.05) is 39.2 Å². The molecule has 0 atom stereocenters. The van der Waals surface area contributed by atoms with Crippen LogP contribution in [0.15, 0.2) is 43.5 Å². The molecule has 1 aromatic rings. The molecule has 0 radical (unpaired) electrons. The number of carbonyl (C=O) groups excluding carboxylic acids is 5. The van der Waals surface area contributed by atoms with E-state index in [1.807, 2.05) is 0 Å². The van der Waals surface area contributed by atoms with Gasteiger partial charge < -0.3 is 33.5 Å². The summed E-state index contributed by atoms with van der Waals surface area (Å²) >= 11 is 0. The van der Waals surface area contributed by atoms with Crippen LogP contribution in [-0.4, -0.2) is 78.8 Å². The van der Waals surface area contributed by atoms with Crippen molar-refractivity contribution in [1.82, 2.24) is 0 Å². The fraction of sp³-hybridized carbons (Fsp3) is 0.286. The van der Waals surface area contributed by atoms with Gasteiger partial charge in [0.15, 0.2) is 0 Å². The predicted octanol–water partition coefficient (Wildman–Crippen LogP) is 0.793. The summed E-state index contributed by atoms with van der Waals surface area (Å²) in [6.07, 6.45) is 1.11. The van der Waals surface area contributed by atoms with Crippen molar-refractivity contribution in [1.29, 1.82) is 0 Å². The molecule has 0 aromatic heterocycles. The minimum atomic E-state index is -4.40. The van der Waals surface area contributed by atoms with Crippen LogP contribution in [0.3, 0.4) is 0 Å². The van der Waals surface area contributed by atoms with Gasteiger partial charge in [-0.15, -0.1) is 0 Å². The van der Waals surface area contributed by atoms with Crippen molar-refractivity contribution in [2.45, 2.75) is 0 Å². The molecule has 0 bridgehead atoms. The molecule has 0 heterocycles. The first-order valence-electron chi connectivity index (χ1n) is 9.77. The maximum atomic E-state index is 12.5. The topological polar surface area (TPSA) is 189 Å². The number of benzene rings is 1. The molecular weight excluding hydrogens is 491 g/mol. The summed E-state index contributed by atoms with van der Waals surface area (Å²) in [4.78, 5) is 76.9. The number of hydrogen-bond donors (Lipinski definition) is 2. The predicted molar refractivity (Wildman–Crippen MR) is 117 cm³/mol. The number of hydrogen-bond acceptors (Lipinski definition) is 11. The van der Waals surface area contributed by atoms with Crippen LogP contribution >= 0.6 is 7.60 Å². The van der Waals surface area contributed by atoms with Crippen molar-refractivity contribution in [2.24, 2.45) is 0 Å². The summed E-state index contributed by atoms with van der Waals surface area (Å²) in [6.45, 7) is 4.49. The van der Waals surface area contributed by atoms with Crippen LogP contribution in [0.4, 0.5) is 0 Å². The third-order valence-electron chi connectivity index (χ3n) is 3.77. The Morgan fingerprint density at radius 1 is 0.714 bits per heavy atom. The largest absolute Gasteiger partial charge is 0.461 e. The maximum Gasteiger partial charge on any atom is 0.339 e. The first-order chi connectivity index (χ1) is 16.5. The first kappa shape index (κ1) is 29.2.